The van der Waals surface area contributed by atoms with Crippen LogP contribution in [-0.4, -0.2) is 17.9 Å². The predicted molar refractivity (Wildman–Crippen MR) is 80.8 cm³/mol. The number of methoxy groups -OCH3 is 1. The number of para-hydroxylation sites is 1. The minimum Gasteiger partial charge on any atom is -0.504 e. The largest absolute Gasteiger partial charge is 0.504 e. The number of hydrogen-bond acceptors (Lipinski definition) is 4. The Balaban J connectivity index is 1.86. The van der Waals surface area contributed by atoms with Crippen molar-refractivity contribution in [3.63, 3.8) is 0 Å². The fourth-order valence-electron chi connectivity index (χ4n) is 2.56. The molecule has 1 aliphatic heterocycles. The molecule has 0 unspecified atom stereocenters. The molecule has 1 aliphatic rings. The maximum atomic E-state index is 10.2. The number of phenols is 1. The zero-order valence-electron chi connectivity index (χ0n) is 12.0. The molecule has 0 saturated heterocycles. The topological polar surface area (TPSA) is 51.0 Å². The second-order valence-corrected chi connectivity index (χ2v) is 5.05. The lowest BCUT2D eigenvalue weighted by molar-refractivity contribution is 0.0835. The molecule has 108 valence electrons. The Hall–Kier alpha value is -2.49. The zero-order valence-corrected chi connectivity index (χ0v) is 12.0. The number of aromatic hydroxyl groups is 1. The number of benzene rings is 2. The normalized spacial score (nSPS) is 17.2. The summed E-state index contributed by atoms with van der Waals surface area (Å²) in [6.45, 7) is 2.05. The van der Waals surface area contributed by atoms with Crippen LogP contribution in [0, 0.1) is 6.92 Å². The lowest BCUT2D eigenvalue weighted by atomic mass is 9.97. The van der Waals surface area contributed by atoms with Gasteiger partial charge in [0.1, 0.15) is 0 Å². The quantitative estimate of drug-likeness (QED) is 0.936. The summed E-state index contributed by atoms with van der Waals surface area (Å²) in [6, 6.07) is 13.5. The number of hydrogen-bond donors (Lipinski definition) is 1. The number of nitrogens with zero attached hydrogens (tertiary/aromatic N) is 1. The first-order chi connectivity index (χ1) is 10.2. The Morgan fingerprint density at radius 1 is 1.19 bits per heavy atom. The molecule has 0 radical (unpaired) electrons. The molecule has 1 N–H and O–H groups in total. The Kier molecular flexibility index (Phi) is 3.52. The van der Waals surface area contributed by atoms with Crippen molar-refractivity contribution in [1.29, 1.82) is 0 Å². The fraction of sp³-hybridized carbons (Fsp3) is 0.235. The van der Waals surface area contributed by atoms with Crippen LogP contribution >= 0.6 is 0 Å². The van der Waals surface area contributed by atoms with E-state index in [4.69, 9.17) is 9.57 Å². The maximum absolute atomic E-state index is 10.2. The van der Waals surface area contributed by atoms with Crippen molar-refractivity contribution in [1.82, 2.24) is 0 Å². The molecule has 0 fully saturated rings. The van der Waals surface area contributed by atoms with Crippen molar-refractivity contribution in [2.45, 2.75) is 19.4 Å². The summed E-state index contributed by atoms with van der Waals surface area (Å²) in [5, 5.41) is 14.4. The van der Waals surface area contributed by atoms with Crippen LogP contribution in [0.4, 0.5) is 0 Å². The molecule has 2 aromatic rings. The van der Waals surface area contributed by atoms with Gasteiger partial charge in [0.2, 0.25) is 0 Å². The molecule has 1 heterocycles. The summed E-state index contributed by atoms with van der Waals surface area (Å²) in [7, 11) is 1.53. The van der Waals surface area contributed by atoms with Gasteiger partial charge >= 0.3 is 0 Å². The van der Waals surface area contributed by atoms with E-state index in [1.807, 2.05) is 43.3 Å². The first-order valence-corrected chi connectivity index (χ1v) is 6.85. The Morgan fingerprint density at radius 3 is 2.76 bits per heavy atom. The lowest BCUT2D eigenvalue weighted by Gasteiger charge is -2.13. The van der Waals surface area contributed by atoms with E-state index in [1.165, 1.54) is 7.11 Å². The third kappa shape index (κ3) is 2.44. The van der Waals surface area contributed by atoms with Gasteiger partial charge in [0.05, 0.1) is 12.8 Å². The highest BCUT2D eigenvalue weighted by molar-refractivity contribution is 6.02. The van der Waals surface area contributed by atoms with Crippen LogP contribution in [0.15, 0.2) is 47.6 Å². The third-order valence-corrected chi connectivity index (χ3v) is 3.72. The van der Waals surface area contributed by atoms with Gasteiger partial charge in [-0.2, -0.15) is 0 Å². The molecule has 4 nitrogen and oxygen atoms in total. The van der Waals surface area contributed by atoms with E-state index in [0.29, 0.717) is 17.7 Å². The molecule has 0 amide bonds. The van der Waals surface area contributed by atoms with E-state index in [0.717, 1.165) is 16.8 Å². The molecular formula is C17H17NO3. The van der Waals surface area contributed by atoms with Crippen molar-refractivity contribution in [3.8, 4) is 11.5 Å². The molecule has 0 spiro atoms. The van der Waals surface area contributed by atoms with Crippen LogP contribution in [-0.2, 0) is 4.84 Å². The minimum absolute atomic E-state index is 0.117. The predicted octanol–water partition coefficient (Wildman–Crippen LogP) is 3.57. The number of ether oxygens (including phenoxy) is 1. The Labute approximate surface area is 123 Å². The van der Waals surface area contributed by atoms with Gasteiger partial charge in [0, 0.05) is 17.5 Å². The first-order valence-electron chi connectivity index (χ1n) is 6.85. The standard InChI is InChI=1S/C17H17NO3/c1-11-6-3-4-7-12(11)14-10-16(21-18-14)13-8-5-9-15(20-2)17(13)19/h3-9,16,19H,10H2,1-2H3/t16-/m0/s1. The second kappa shape index (κ2) is 5.48. The fourth-order valence-corrected chi connectivity index (χ4v) is 2.56. The second-order valence-electron chi connectivity index (χ2n) is 5.05. The van der Waals surface area contributed by atoms with Crippen molar-refractivity contribution in [3.05, 3.63) is 59.2 Å². The molecule has 21 heavy (non-hydrogen) atoms. The highest BCUT2D eigenvalue weighted by atomic mass is 16.6. The van der Waals surface area contributed by atoms with Crippen molar-refractivity contribution < 1.29 is 14.7 Å². The van der Waals surface area contributed by atoms with Gasteiger partial charge in [-0.05, 0) is 18.6 Å². The van der Waals surface area contributed by atoms with E-state index in [1.54, 1.807) is 6.07 Å². The molecular weight excluding hydrogens is 266 g/mol. The van der Waals surface area contributed by atoms with Crippen LogP contribution < -0.4 is 4.74 Å². The summed E-state index contributed by atoms with van der Waals surface area (Å²) in [6.07, 6.45) is 0.348. The van der Waals surface area contributed by atoms with Gasteiger partial charge in [-0.3, -0.25) is 0 Å². The van der Waals surface area contributed by atoms with Gasteiger partial charge in [-0.25, -0.2) is 0 Å². The summed E-state index contributed by atoms with van der Waals surface area (Å²) in [5.74, 6) is 0.562. The van der Waals surface area contributed by atoms with Crippen LogP contribution in [0.25, 0.3) is 0 Å². The number of phenolic OH excluding ortho intramolecular Hbond substituents is 1. The third-order valence-electron chi connectivity index (χ3n) is 3.72. The van der Waals surface area contributed by atoms with Crippen LogP contribution in [0.2, 0.25) is 0 Å². The summed E-state index contributed by atoms with van der Waals surface area (Å²) >= 11 is 0. The number of aryl methyl sites for hydroxylation is 1. The van der Waals surface area contributed by atoms with E-state index < -0.39 is 0 Å². The molecule has 0 bridgehead atoms. The molecule has 4 heteroatoms. The SMILES string of the molecule is COc1cccc([C@@H]2CC(c3ccccc3C)=NO2)c1O. The van der Waals surface area contributed by atoms with Gasteiger partial charge in [-0.1, -0.05) is 41.6 Å². The molecule has 1 atom stereocenters. The van der Waals surface area contributed by atoms with Gasteiger partial charge in [0.15, 0.2) is 17.6 Å². The summed E-state index contributed by atoms with van der Waals surface area (Å²) in [4.78, 5) is 5.51. The van der Waals surface area contributed by atoms with Gasteiger partial charge in [0.25, 0.3) is 0 Å². The minimum atomic E-state index is -0.283. The zero-order chi connectivity index (χ0) is 14.8. The summed E-state index contributed by atoms with van der Waals surface area (Å²) in [5.41, 5.74) is 3.85. The van der Waals surface area contributed by atoms with Crippen molar-refractivity contribution in [2.75, 3.05) is 7.11 Å². The van der Waals surface area contributed by atoms with Gasteiger partial charge < -0.3 is 14.7 Å². The molecule has 2 aromatic carbocycles. The van der Waals surface area contributed by atoms with Crippen molar-refractivity contribution >= 4 is 5.71 Å². The van der Waals surface area contributed by atoms with Crippen molar-refractivity contribution in [2.24, 2.45) is 5.16 Å². The Morgan fingerprint density at radius 2 is 2.00 bits per heavy atom. The van der Waals surface area contributed by atoms with E-state index in [2.05, 4.69) is 5.16 Å². The van der Waals surface area contributed by atoms with Crippen LogP contribution in [0.1, 0.15) is 29.2 Å². The Bertz CT molecular complexity index is 694. The van der Waals surface area contributed by atoms with E-state index in [9.17, 15) is 5.11 Å². The molecule has 3 rings (SSSR count). The maximum Gasteiger partial charge on any atom is 0.164 e. The van der Waals surface area contributed by atoms with Crippen LogP contribution in [0.5, 0.6) is 11.5 Å². The average molecular weight is 283 g/mol. The first kappa shape index (κ1) is 13.5. The van der Waals surface area contributed by atoms with E-state index in [-0.39, 0.29) is 11.9 Å². The van der Waals surface area contributed by atoms with Crippen LogP contribution in [0.3, 0.4) is 0 Å². The molecule has 0 aliphatic carbocycles. The highest BCUT2D eigenvalue weighted by Crippen LogP contribution is 2.39. The van der Waals surface area contributed by atoms with Gasteiger partial charge in [-0.15, -0.1) is 0 Å². The average Bonchev–Trinajstić information content (AvgIpc) is 2.97. The number of oxime groups is 1. The highest BCUT2D eigenvalue weighted by Gasteiger charge is 2.27. The lowest BCUT2D eigenvalue weighted by Crippen LogP contribution is -2.03. The molecule has 0 saturated carbocycles. The number of rotatable bonds is 3. The molecule has 0 aromatic heterocycles. The summed E-state index contributed by atoms with van der Waals surface area (Å²) < 4.78 is 5.13. The van der Waals surface area contributed by atoms with E-state index >= 15 is 0 Å². The smallest absolute Gasteiger partial charge is 0.164 e. The monoisotopic (exact) mass is 283 g/mol.